The minimum absolute atomic E-state index is 0.308. The molecule has 1 heterocycles. The van der Waals surface area contributed by atoms with Crippen molar-refractivity contribution < 1.29 is 28.2 Å². The van der Waals surface area contributed by atoms with E-state index in [9.17, 15) is 18.8 Å². The number of aryl methyl sites for hydroxylation is 1. The lowest BCUT2D eigenvalue weighted by atomic mass is 10.1. The Morgan fingerprint density at radius 1 is 0.968 bits per heavy atom. The Balaban J connectivity index is 1.56. The Morgan fingerprint density at radius 2 is 1.65 bits per heavy atom. The monoisotopic (exact) mass is 424 g/mol. The summed E-state index contributed by atoms with van der Waals surface area (Å²) < 4.78 is 24.5. The highest BCUT2D eigenvalue weighted by molar-refractivity contribution is 6.01. The highest BCUT2D eigenvalue weighted by atomic mass is 19.1. The third-order valence-electron chi connectivity index (χ3n) is 4.52. The number of esters is 1. The second-order valence-electron chi connectivity index (χ2n) is 6.75. The van der Waals surface area contributed by atoms with Crippen LogP contribution in [0.25, 0.3) is 0 Å². The van der Waals surface area contributed by atoms with E-state index in [2.05, 4.69) is 5.43 Å². The van der Waals surface area contributed by atoms with Gasteiger partial charge in [-0.2, -0.15) is 0 Å². The van der Waals surface area contributed by atoms with Gasteiger partial charge >= 0.3 is 5.97 Å². The van der Waals surface area contributed by atoms with Crippen molar-refractivity contribution in [2.45, 2.75) is 13.8 Å². The largest absolute Gasteiger partial charge is 0.482 e. The van der Waals surface area contributed by atoms with Crippen LogP contribution >= 0.6 is 0 Å². The topological polar surface area (TPSA) is 86.6 Å². The normalized spacial score (nSPS) is 10.4. The maximum Gasteiger partial charge on any atom is 0.344 e. The second-order valence-corrected chi connectivity index (χ2v) is 6.75. The summed E-state index contributed by atoms with van der Waals surface area (Å²) in [6.07, 6.45) is 0. The van der Waals surface area contributed by atoms with E-state index >= 15 is 0 Å². The zero-order chi connectivity index (χ0) is 22.4. The Morgan fingerprint density at radius 3 is 2.32 bits per heavy atom. The highest BCUT2D eigenvalue weighted by Gasteiger charge is 2.19. The van der Waals surface area contributed by atoms with Crippen molar-refractivity contribution in [1.82, 2.24) is 4.68 Å². The average Bonchev–Trinajstić information content (AvgIpc) is 3.06. The van der Waals surface area contributed by atoms with Gasteiger partial charge in [-0.15, -0.1) is 0 Å². The molecule has 0 aliphatic rings. The van der Waals surface area contributed by atoms with Crippen molar-refractivity contribution in [3.05, 3.63) is 89.0 Å². The highest BCUT2D eigenvalue weighted by Crippen LogP contribution is 2.15. The number of amides is 1. The SMILES string of the molecule is Cc1cc(C(=O)COC(=O)COc2ccc(F)cc2)c(C)n1NC(=O)c1ccccc1. The van der Waals surface area contributed by atoms with Gasteiger partial charge in [0, 0.05) is 22.5 Å². The molecular formula is C23H21FN2O5. The zero-order valence-electron chi connectivity index (χ0n) is 17.1. The van der Waals surface area contributed by atoms with E-state index in [1.807, 2.05) is 6.07 Å². The van der Waals surface area contributed by atoms with Gasteiger partial charge in [0.25, 0.3) is 5.91 Å². The fourth-order valence-corrected chi connectivity index (χ4v) is 2.91. The molecule has 7 nitrogen and oxygen atoms in total. The van der Waals surface area contributed by atoms with Crippen LogP contribution in [-0.4, -0.2) is 35.5 Å². The average molecular weight is 424 g/mol. The van der Waals surface area contributed by atoms with Crippen LogP contribution in [0.3, 0.4) is 0 Å². The molecule has 0 fully saturated rings. The first-order valence-electron chi connectivity index (χ1n) is 9.47. The lowest BCUT2D eigenvalue weighted by Gasteiger charge is -2.12. The van der Waals surface area contributed by atoms with E-state index in [1.165, 1.54) is 28.9 Å². The number of ether oxygens (including phenoxy) is 2. The summed E-state index contributed by atoms with van der Waals surface area (Å²) in [5, 5.41) is 0. The summed E-state index contributed by atoms with van der Waals surface area (Å²) in [6, 6.07) is 15.5. The number of Topliss-reactive ketones (excluding diaryl/α,β-unsaturated/α-hetero) is 1. The third-order valence-corrected chi connectivity index (χ3v) is 4.52. The van der Waals surface area contributed by atoms with Crippen molar-refractivity contribution >= 4 is 17.7 Å². The van der Waals surface area contributed by atoms with Crippen LogP contribution in [-0.2, 0) is 9.53 Å². The molecule has 1 amide bonds. The van der Waals surface area contributed by atoms with Crippen LogP contribution < -0.4 is 10.2 Å². The molecule has 8 heteroatoms. The molecule has 0 aliphatic carbocycles. The first-order valence-corrected chi connectivity index (χ1v) is 9.47. The van der Waals surface area contributed by atoms with Gasteiger partial charge in [0.05, 0.1) is 0 Å². The fraction of sp³-hybridized carbons (Fsp3) is 0.174. The summed E-state index contributed by atoms with van der Waals surface area (Å²) >= 11 is 0. The predicted octanol–water partition coefficient (Wildman–Crippen LogP) is 3.43. The van der Waals surface area contributed by atoms with Crippen molar-refractivity contribution in [3.63, 3.8) is 0 Å². The number of benzene rings is 2. The van der Waals surface area contributed by atoms with Crippen LogP contribution in [0.4, 0.5) is 4.39 Å². The van der Waals surface area contributed by atoms with Gasteiger partial charge in [0.2, 0.25) is 5.78 Å². The van der Waals surface area contributed by atoms with Crippen molar-refractivity contribution in [2.75, 3.05) is 18.6 Å². The Hall–Kier alpha value is -3.94. The Bertz CT molecular complexity index is 1090. The second kappa shape index (κ2) is 9.71. The minimum atomic E-state index is -0.733. The molecule has 1 N–H and O–H groups in total. The van der Waals surface area contributed by atoms with Gasteiger partial charge in [0.15, 0.2) is 13.2 Å². The number of ketones is 1. The van der Waals surface area contributed by atoms with Crippen molar-refractivity contribution in [2.24, 2.45) is 0 Å². The molecule has 0 bridgehead atoms. The van der Waals surface area contributed by atoms with Crippen LogP contribution in [0.2, 0.25) is 0 Å². The van der Waals surface area contributed by atoms with Gasteiger partial charge < -0.3 is 9.47 Å². The smallest absolute Gasteiger partial charge is 0.344 e. The number of rotatable bonds is 8. The van der Waals surface area contributed by atoms with Crippen LogP contribution in [0, 0.1) is 19.7 Å². The van der Waals surface area contributed by atoms with Gasteiger partial charge in [0.1, 0.15) is 11.6 Å². The molecule has 0 aliphatic heterocycles. The lowest BCUT2D eigenvalue weighted by molar-refractivity contribution is -0.144. The lowest BCUT2D eigenvalue weighted by Crippen LogP contribution is -2.25. The maximum atomic E-state index is 12.9. The van der Waals surface area contributed by atoms with Gasteiger partial charge in [-0.05, 0) is 56.3 Å². The van der Waals surface area contributed by atoms with E-state index < -0.39 is 30.8 Å². The minimum Gasteiger partial charge on any atom is -0.482 e. The van der Waals surface area contributed by atoms with Crippen molar-refractivity contribution in [1.29, 1.82) is 0 Å². The molecule has 0 saturated carbocycles. The molecule has 2 aromatic carbocycles. The summed E-state index contributed by atoms with van der Waals surface area (Å²) in [6.45, 7) is 2.55. The van der Waals surface area contributed by atoms with E-state index in [-0.39, 0.29) is 5.91 Å². The number of aromatic nitrogens is 1. The number of hydrogen-bond acceptors (Lipinski definition) is 5. The molecule has 0 radical (unpaired) electrons. The summed E-state index contributed by atoms with van der Waals surface area (Å²) in [4.78, 5) is 36.8. The van der Waals surface area contributed by atoms with E-state index in [0.717, 1.165) is 0 Å². The third kappa shape index (κ3) is 5.57. The fourth-order valence-electron chi connectivity index (χ4n) is 2.91. The number of nitrogens with zero attached hydrogens (tertiary/aromatic N) is 1. The maximum absolute atomic E-state index is 12.9. The standard InChI is InChI=1S/C23H21FN2O5/c1-15-12-20(16(2)26(15)25-23(29)17-6-4-3-5-7-17)21(27)13-31-22(28)14-30-19-10-8-18(24)9-11-19/h3-12H,13-14H2,1-2H3,(H,25,29). The molecule has 0 spiro atoms. The quantitative estimate of drug-likeness (QED) is 0.442. The van der Waals surface area contributed by atoms with Crippen molar-refractivity contribution in [3.8, 4) is 5.75 Å². The molecule has 0 unspecified atom stereocenters. The number of halogens is 1. The summed E-state index contributed by atoms with van der Waals surface area (Å²) in [5.41, 5.74) is 4.73. The number of hydrogen-bond donors (Lipinski definition) is 1. The summed E-state index contributed by atoms with van der Waals surface area (Å²) in [7, 11) is 0. The summed E-state index contributed by atoms with van der Waals surface area (Å²) in [5.74, 6) is -1.57. The van der Waals surface area contributed by atoms with Gasteiger partial charge in [-0.1, -0.05) is 18.2 Å². The van der Waals surface area contributed by atoms with Crippen LogP contribution in [0.1, 0.15) is 32.1 Å². The number of nitrogens with one attached hydrogen (secondary N) is 1. The number of carbonyl (C=O) groups is 3. The van der Waals surface area contributed by atoms with Gasteiger partial charge in [-0.3, -0.25) is 19.7 Å². The van der Waals surface area contributed by atoms with E-state index in [4.69, 9.17) is 9.47 Å². The molecule has 0 atom stereocenters. The molecule has 1 aromatic heterocycles. The first kappa shape index (κ1) is 21.8. The Labute approximate surface area is 178 Å². The van der Waals surface area contributed by atoms with E-state index in [1.54, 1.807) is 44.2 Å². The molecule has 160 valence electrons. The molecule has 31 heavy (non-hydrogen) atoms. The van der Waals surface area contributed by atoms with Crippen LogP contribution in [0.15, 0.2) is 60.7 Å². The predicted molar refractivity (Wildman–Crippen MR) is 111 cm³/mol. The molecule has 0 saturated heterocycles. The molecular weight excluding hydrogens is 403 g/mol. The Kier molecular flexibility index (Phi) is 6.81. The zero-order valence-corrected chi connectivity index (χ0v) is 17.1. The molecule has 3 rings (SSSR count). The first-order chi connectivity index (χ1) is 14.8. The van der Waals surface area contributed by atoms with Crippen LogP contribution in [0.5, 0.6) is 5.75 Å². The number of carbonyl (C=O) groups excluding carboxylic acids is 3. The van der Waals surface area contributed by atoms with E-state index in [0.29, 0.717) is 28.3 Å². The van der Waals surface area contributed by atoms with Gasteiger partial charge in [-0.25, -0.2) is 9.18 Å². The molecule has 3 aromatic rings.